The first-order valence-corrected chi connectivity index (χ1v) is 7.67. The Labute approximate surface area is 113 Å². The van der Waals surface area contributed by atoms with Gasteiger partial charge in [-0.15, -0.1) is 0 Å². The molecular weight excluding hydrogens is 222 g/mol. The van der Waals surface area contributed by atoms with Crippen molar-refractivity contribution in [1.82, 2.24) is 15.1 Å². The number of nitrogens with zero attached hydrogens (tertiary/aromatic N) is 2. The molecule has 18 heavy (non-hydrogen) atoms. The molecule has 2 fully saturated rings. The van der Waals surface area contributed by atoms with Crippen molar-refractivity contribution in [2.75, 3.05) is 40.3 Å². The lowest BCUT2D eigenvalue weighted by atomic mass is 9.92. The van der Waals surface area contributed by atoms with Gasteiger partial charge >= 0.3 is 0 Å². The fourth-order valence-electron chi connectivity index (χ4n) is 3.68. The van der Waals surface area contributed by atoms with Crippen molar-refractivity contribution in [3.8, 4) is 0 Å². The monoisotopic (exact) mass is 253 g/mol. The Morgan fingerprint density at radius 2 is 1.94 bits per heavy atom. The van der Waals surface area contributed by atoms with E-state index in [1.165, 1.54) is 45.4 Å². The molecule has 0 radical (unpaired) electrons. The summed E-state index contributed by atoms with van der Waals surface area (Å²) in [6.45, 7) is 9.83. The van der Waals surface area contributed by atoms with Gasteiger partial charge in [-0.25, -0.2) is 0 Å². The maximum absolute atomic E-state index is 3.98. The molecule has 3 nitrogen and oxygen atoms in total. The third kappa shape index (κ3) is 3.94. The van der Waals surface area contributed by atoms with Gasteiger partial charge in [-0.3, -0.25) is 0 Å². The molecule has 2 rings (SSSR count). The summed E-state index contributed by atoms with van der Waals surface area (Å²) in [5, 5.41) is 3.98. The van der Waals surface area contributed by atoms with E-state index in [0.29, 0.717) is 6.04 Å². The molecule has 0 saturated carbocycles. The van der Waals surface area contributed by atoms with Crippen LogP contribution in [0.5, 0.6) is 0 Å². The van der Waals surface area contributed by atoms with Crippen molar-refractivity contribution in [1.29, 1.82) is 0 Å². The number of hydrogen-bond acceptors (Lipinski definition) is 3. The lowest BCUT2D eigenvalue weighted by molar-refractivity contribution is 0.191. The highest BCUT2D eigenvalue weighted by atomic mass is 15.2. The van der Waals surface area contributed by atoms with Gasteiger partial charge in [0, 0.05) is 25.2 Å². The Bertz CT molecular complexity index is 242. The molecule has 3 heteroatoms. The van der Waals surface area contributed by atoms with Crippen molar-refractivity contribution < 1.29 is 0 Å². The lowest BCUT2D eigenvalue weighted by Gasteiger charge is -2.35. The van der Waals surface area contributed by atoms with Gasteiger partial charge in [0.15, 0.2) is 0 Å². The van der Waals surface area contributed by atoms with Crippen LogP contribution >= 0.6 is 0 Å². The van der Waals surface area contributed by atoms with E-state index in [-0.39, 0.29) is 0 Å². The molecule has 106 valence electrons. The van der Waals surface area contributed by atoms with E-state index >= 15 is 0 Å². The maximum Gasteiger partial charge on any atom is 0.0199 e. The first-order valence-electron chi connectivity index (χ1n) is 7.67. The fourth-order valence-corrected chi connectivity index (χ4v) is 3.68. The van der Waals surface area contributed by atoms with Crippen LogP contribution in [0, 0.1) is 11.8 Å². The van der Waals surface area contributed by atoms with E-state index in [2.05, 4.69) is 43.1 Å². The molecule has 2 bridgehead atoms. The van der Waals surface area contributed by atoms with Crippen LogP contribution in [-0.2, 0) is 0 Å². The van der Waals surface area contributed by atoms with Crippen molar-refractivity contribution in [3.05, 3.63) is 0 Å². The second-order valence-corrected chi connectivity index (χ2v) is 7.00. The van der Waals surface area contributed by atoms with Crippen molar-refractivity contribution in [3.63, 3.8) is 0 Å². The summed E-state index contributed by atoms with van der Waals surface area (Å²) in [6.07, 6.45) is 4.06. The van der Waals surface area contributed by atoms with E-state index in [1.807, 2.05) is 0 Å². The van der Waals surface area contributed by atoms with Crippen molar-refractivity contribution >= 4 is 0 Å². The Morgan fingerprint density at radius 1 is 1.22 bits per heavy atom. The minimum atomic E-state index is 0.664. The van der Waals surface area contributed by atoms with Gasteiger partial charge in [-0.1, -0.05) is 13.8 Å². The molecule has 2 saturated heterocycles. The highest BCUT2D eigenvalue weighted by Crippen LogP contribution is 2.27. The number of hydrogen-bond donors (Lipinski definition) is 1. The van der Waals surface area contributed by atoms with Crippen LogP contribution in [0.3, 0.4) is 0 Å². The maximum atomic E-state index is 3.98. The van der Waals surface area contributed by atoms with Crippen molar-refractivity contribution in [2.45, 2.75) is 45.2 Å². The molecule has 0 aromatic rings. The van der Waals surface area contributed by atoms with E-state index in [0.717, 1.165) is 17.9 Å². The highest BCUT2D eigenvalue weighted by molar-refractivity contribution is 4.92. The summed E-state index contributed by atoms with van der Waals surface area (Å²) in [5.41, 5.74) is 0. The van der Waals surface area contributed by atoms with Crippen LogP contribution in [0.4, 0.5) is 0 Å². The van der Waals surface area contributed by atoms with Gasteiger partial charge in [0.05, 0.1) is 0 Å². The van der Waals surface area contributed by atoms with Crippen LogP contribution in [0.1, 0.15) is 33.1 Å². The molecule has 0 aromatic carbocycles. The number of likely N-dealkylation sites (N-methyl/N-ethyl adjacent to an activating group) is 1. The summed E-state index contributed by atoms with van der Waals surface area (Å²) in [5.74, 6) is 1.70. The fraction of sp³-hybridized carbons (Fsp3) is 1.00. The topological polar surface area (TPSA) is 18.5 Å². The van der Waals surface area contributed by atoms with Gasteiger partial charge in [0.2, 0.25) is 0 Å². The van der Waals surface area contributed by atoms with Gasteiger partial charge in [0.25, 0.3) is 0 Å². The van der Waals surface area contributed by atoms with Gasteiger partial charge in [0.1, 0.15) is 0 Å². The SMILES string of the molecule is CC(C)CC(CN(C)C)NC1CCN2CCC1C2. The zero-order valence-electron chi connectivity index (χ0n) is 12.7. The molecule has 1 N–H and O–H groups in total. The van der Waals surface area contributed by atoms with Crippen LogP contribution in [-0.4, -0.2) is 62.2 Å². The second-order valence-electron chi connectivity index (χ2n) is 7.00. The molecule has 4 unspecified atom stereocenters. The van der Waals surface area contributed by atoms with Gasteiger partial charge in [-0.2, -0.15) is 0 Å². The lowest BCUT2D eigenvalue weighted by Crippen LogP contribution is -2.50. The van der Waals surface area contributed by atoms with E-state index in [1.54, 1.807) is 0 Å². The molecule has 0 amide bonds. The first kappa shape index (κ1) is 14.3. The van der Waals surface area contributed by atoms with E-state index in [9.17, 15) is 0 Å². The summed E-state index contributed by atoms with van der Waals surface area (Å²) >= 11 is 0. The number of piperidine rings is 1. The van der Waals surface area contributed by atoms with Crippen LogP contribution in [0.25, 0.3) is 0 Å². The predicted octanol–water partition coefficient (Wildman–Crippen LogP) is 1.65. The third-order valence-corrected chi connectivity index (χ3v) is 4.43. The molecule has 2 heterocycles. The summed E-state index contributed by atoms with van der Waals surface area (Å²) in [4.78, 5) is 4.95. The molecule has 0 aliphatic carbocycles. The van der Waals surface area contributed by atoms with Gasteiger partial charge in [-0.05, 0) is 58.3 Å². The summed E-state index contributed by atoms with van der Waals surface area (Å²) in [6, 6.07) is 1.43. The zero-order valence-corrected chi connectivity index (χ0v) is 12.7. The van der Waals surface area contributed by atoms with Crippen LogP contribution in [0.15, 0.2) is 0 Å². The average Bonchev–Trinajstić information content (AvgIpc) is 2.64. The second kappa shape index (κ2) is 6.36. The average molecular weight is 253 g/mol. The number of rotatable bonds is 6. The minimum Gasteiger partial charge on any atom is -0.310 e. The Balaban J connectivity index is 1.86. The molecule has 2 aliphatic rings. The number of nitrogens with one attached hydrogen (secondary N) is 1. The third-order valence-electron chi connectivity index (χ3n) is 4.43. The molecular formula is C15H31N3. The normalized spacial score (nSPS) is 33.3. The molecule has 0 spiro atoms. The minimum absolute atomic E-state index is 0.664. The Hall–Kier alpha value is -0.120. The van der Waals surface area contributed by atoms with E-state index in [4.69, 9.17) is 0 Å². The number of fused-ring (bicyclic) bond motifs is 2. The Morgan fingerprint density at radius 3 is 2.61 bits per heavy atom. The first-order chi connectivity index (χ1) is 8.54. The quantitative estimate of drug-likeness (QED) is 0.776. The van der Waals surface area contributed by atoms with E-state index < -0.39 is 0 Å². The smallest absolute Gasteiger partial charge is 0.0199 e. The van der Waals surface area contributed by atoms with Gasteiger partial charge < -0.3 is 15.1 Å². The Kier molecular flexibility index (Phi) is 5.05. The molecule has 4 atom stereocenters. The summed E-state index contributed by atoms with van der Waals surface area (Å²) < 4.78 is 0. The largest absolute Gasteiger partial charge is 0.310 e. The molecule has 0 aromatic heterocycles. The highest BCUT2D eigenvalue weighted by Gasteiger charge is 2.35. The predicted molar refractivity (Wildman–Crippen MR) is 77.9 cm³/mol. The van der Waals surface area contributed by atoms with Crippen molar-refractivity contribution in [2.24, 2.45) is 11.8 Å². The molecule has 2 aliphatic heterocycles. The standard InChI is InChI=1S/C15H31N3/c1-12(2)9-14(11-17(3)4)16-15-6-8-18-7-5-13(15)10-18/h12-16H,5-11H2,1-4H3. The zero-order chi connectivity index (χ0) is 13.1. The van der Waals surface area contributed by atoms with Crippen LogP contribution in [0.2, 0.25) is 0 Å². The van der Waals surface area contributed by atoms with Crippen LogP contribution < -0.4 is 5.32 Å². The summed E-state index contributed by atoms with van der Waals surface area (Å²) in [7, 11) is 4.38.